The smallest absolute Gasteiger partial charge is 0.251 e. The second-order valence-electron chi connectivity index (χ2n) is 7.50. The van der Waals surface area contributed by atoms with Gasteiger partial charge >= 0.3 is 0 Å². The summed E-state index contributed by atoms with van der Waals surface area (Å²) in [5.74, 6) is 1.39. The predicted molar refractivity (Wildman–Crippen MR) is 121 cm³/mol. The van der Waals surface area contributed by atoms with E-state index in [-0.39, 0.29) is 11.9 Å². The molecule has 7 heteroatoms. The number of ether oxygens (including phenoxy) is 1. The molecule has 7 nitrogen and oxygen atoms in total. The number of rotatable bonds is 6. The first kappa shape index (κ1) is 21.1. The van der Waals surface area contributed by atoms with Gasteiger partial charge in [-0.05, 0) is 56.7 Å². The van der Waals surface area contributed by atoms with Crippen LogP contribution in [0.25, 0.3) is 11.3 Å². The number of hydrogen-bond donors (Lipinski definition) is 1. The van der Waals surface area contributed by atoms with Gasteiger partial charge in [0, 0.05) is 47.5 Å². The first-order valence-corrected chi connectivity index (χ1v) is 10.2. The average Bonchev–Trinajstić information content (AvgIpc) is 2.80. The molecule has 0 spiro atoms. The number of aryl methyl sites for hydroxylation is 2. The van der Waals surface area contributed by atoms with Gasteiger partial charge in [-0.1, -0.05) is 12.1 Å². The molecule has 1 atom stereocenters. The van der Waals surface area contributed by atoms with E-state index in [1.807, 2.05) is 51.1 Å². The van der Waals surface area contributed by atoms with Crippen molar-refractivity contribution in [2.24, 2.45) is 0 Å². The van der Waals surface area contributed by atoms with Gasteiger partial charge in [0.1, 0.15) is 11.6 Å². The van der Waals surface area contributed by atoms with E-state index in [0.29, 0.717) is 23.0 Å². The first-order chi connectivity index (χ1) is 15.5. The molecule has 0 aliphatic carbocycles. The highest BCUT2D eigenvalue weighted by molar-refractivity contribution is 5.96. The Morgan fingerprint density at radius 3 is 2.44 bits per heavy atom. The summed E-state index contributed by atoms with van der Waals surface area (Å²) in [6.45, 7) is 5.69. The molecule has 0 unspecified atom stereocenters. The molecule has 0 fully saturated rings. The highest BCUT2D eigenvalue weighted by Crippen LogP contribution is 2.28. The lowest BCUT2D eigenvalue weighted by Gasteiger charge is -2.15. The van der Waals surface area contributed by atoms with E-state index in [9.17, 15) is 4.79 Å². The fourth-order valence-corrected chi connectivity index (χ4v) is 3.09. The van der Waals surface area contributed by atoms with Crippen LogP contribution in [-0.2, 0) is 0 Å². The van der Waals surface area contributed by atoms with Gasteiger partial charge in [-0.3, -0.25) is 9.78 Å². The molecule has 0 aliphatic rings. The van der Waals surface area contributed by atoms with Gasteiger partial charge in [0.05, 0.1) is 11.7 Å². The van der Waals surface area contributed by atoms with Crippen molar-refractivity contribution >= 4 is 5.91 Å². The molecule has 1 amide bonds. The lowest BCUT2D eigenvalue weighted by atomic mass is 10.0. The van der Waals surface area contributed by atoms with E-state index in [0.717, 1.165) is 22.4 Å². The Morgan fingerprint density at radius 2 is 1.75 bits per heavy atom. The van der Waals surface area contributed by atoms with Crippen molar-refractivity contribution < 1.29 is 9.53 Å². The zero-order chi connectivity index (χ0) is 22.5. The number of amides is 1. The van der Waals surface area contributed by atoms with Gasteiger partial charge in [-0.2, -0.15) is 0 Å². The Morgan fingerprint density at radius 1 is 0.938 bits per heavy atom. The number of carbonyl (C=O) groups is 1. The molecule has 1 aromatic carbocycles. The minimum Gasteiger partial charge on any atom is -0.439 e. The van der Waals surface area contributed by atoms with Crippen LogP contribution in [0.15, 0.2) is 73.3 Å². The van der Waals surface area contributed by atoms with Crippen molar-refractivity contribution in [3.05, 3.63) is 95.8 Å². The van der Waals surface area contributed by atoms with Crippen molar-refractivity contribution in [2.75, 3.05) is 0 Å². The predicted octanol–water partition coefficient (Wildman–Crippen LogP) is 4.83. The summed E-state index contributed by atoms with van der Waals surface area (Å²) in [6, 6.07) is 14.4. The molecular weight excluding hydrogens is 402 g/mol. The molecule has 3 aromatic heterocycles. The van der Waals surface area contributed by atoms with Crippen LogP contribution < -0.4 is 10.1 Å². The van der Waals surface area contributed by atoms with Gasteiger partial charge in [-0.15, -0.1) is 0 Å². The molecule has 0 aliphatic heterocycles. The molecule has 32 heavy (non-hydrogen) atoms. The summed E-state index contributed by atoms with van der Waals surface area (Å²) < 4.78 is 5.92. The van der Waals surface area contributed by atoms with E-state index in [4.69, 9.17) is 4.74 Å². The van der Waals surface area contributed by atoms with Crippen LogP contribution in [0.2, 0.25) is 0 Å². The van der Waals surface area contributed by atoms with E-state index < -0.39 is 0 Å². The largest absolute Gasteiger partial charge is 0.439 e. The fraction of sp³-hybridized carbons (Fsp3) is 0.160. The molecule has 0 radical (unpaired) electrons. The number of hydrogen-bond acceptors (Lipinski definition) is 6. The van der Waals surface area contributed by atoms with Gasteiger partial charge in [0.2, 0.25) is 5.88 Å². The normalized spacial score (nSPS) is 11.6. The van der Waals surface area contributed by atoms with Gasteiger partial charge in [0.15, 0.2) is 0 Å². The topological polar surface area (TPSA) is 89.9 Å². The van der Waals surface area contributed by atoms with Crippen LogP contribution >= 0.6 is 0 Å². The summed E-state index contributed by atoms with van der Waals surface area (Å²) in [5.41, 5.74) is 3.86. The molecule has 3 heterocycles. The Kier molecular flexibility index (Phi) is 6.17. The van der Waals surface area contributed by atoms with Crippen LogP contribution in [0.3, 0.4) is 0 Å². The number of pyridine rings is 2. The lowest BCUT2D eigenvalue weighted by Crippen LogP contribution is -2.27. The average molecular weight is 425 g/mol. The Hall–Kier alpha value is -4.13. The number of nitrogens with zero attached hydrogens (tertiary/aromatic N) is 4. The van der Waals surface area contributed by atoms with Crippen molar-refractivity contribution in [3.8, 4) is 22.9 Å². The first-order valence-electron chi connectivity index (χ1n) is 10.2. The minimum absolute atomic E-state index is 0.238. The Labute approximate surface area is 186 Å². The Bertz CT molecular complexity index is 1210. The molecule has 1 N–H and O–H groups in total. The summed E-state index contributed by atoms with van der Waals surface area (Å²) in [5, 5.41) is 3.00. The number of aromatic nitrogens is 4. The second-order valence-corrected chi connectivity index (χ2v) is 7.50. The maximum absolute atomic E-state index is 13.1. The zero-order valence-corrected chi connectivity index (χ0v) is 18.1. The number of benzene rings is 1. The standard InChI is InChI=1S/C25H23N5O2/c1-16-7-8-23(29-13-16)19-10-20(12-22(11-19)32-24-6-4-5-9-26-24)25(31)30-17(2)21-14-27-18(3)28-15-21/h4-15,17H,1-3H3,(H,30,31)/t17-/m1/s1. The van der Waals surface area contributed by atoms with Gasteiger partial charge in [-0.25, -0.2) is 15.0 Å². The van der Waals surface area contributed by atoms with Crippen LogP contribution in [0.1, 0.15) is 40.3 Å². The molecular formula is C25H23N5O2. The highest BCUT2D eigenvalue weighted by Gasteiger charge is 2.16. The van der Waals surface area contributed by atoms with Crippen molar-refractivity contribution in [1.29, 1.82) is 0 Å². The molecule has 0 bridgehead atoms. The summed E-state index contributed by atoms with van der Waals surface area (Å²) >= 11 is 0. The molecule has 0 saturated heterocycles. The molecule has 4 rings (SSSR count). The van der Waals surface area contributed by atoms with Crippen LogP contribution in [0.4, 0.5) is 0 Å². The van der Waals surface area contributed by atoms with E-state index in [1.54, 1.807) is 43.0 Å². The number of nitrogens with one attached hydrogen (secondary N) is 1. The van der Waals surface area contributed by atoms with Crippen LogP contribution in [-0.4, -0.2) is 25.8 Å². The number of carbonyl (C=O) groups excluding carboxylic acids is 1. The van der Waals surface area contributed by atoms with Crippen molar-refractivity contribution in [1.82, 2.24) is 25.3 Å². The molecule has 0 saturated carbocycles. The van der Waals surface area contributed by atoms with Crippen molar-refractivity contribution in [3.63, 3.8) is 0 Å². The van der Waals surface area contributed by atoms with E-state index in [1.165, 1.54) is 0 Å². The van der Waals surface area contributed by atoms with Crippen LogP contribution in [0.5, 0.6) is 11.6 Å². The second kappa shape index (κ2) is 9.34. The summed E-state index contributed by atoms with van der Waals surface area (Å²) in [6.07, 6.45) is 6.88. The molecule has 4 aromatic rings. The maximum Gasteiger partial charge on any atom is 0.251 e. The van der Waals surface area contributed by atoms with E-state index >= 15 is 0 Å². The highest BCUT2D eigenvalue weighted by atomic mass is 16.5. The fourth-order valence-electron chi connectivity index (χ4n) is 3.09. The third-order valence-electron chi connectivity index (χ3n) is 4.88. The summed E-state index contributed by atoms with van der Waals surface area (Å²) in [4.78, 5) is 30.2. The van der Waals surface area contributed by atoms with Gasteiger partial charge in [0.25, 0.3) is 5.91 Å². The van der Waals surface area contributed by atoms with E-state index in [2.05, 4.69) is 25.3 Å². The summed E-state index contributed by atoms with van der Waals surface area (Å²) in [7, 11) is 0. The Balaban J connectivity index is 1.65. The molecule has 160 valence electrons. The van der Waals surface area contributed by atoms with Crippen LogP contribution in [0, 0.1) is 13.8 Å². The third kappa shape index (κ3) is 5.13. The van der Waals surface area contributed by atoms with Gasteiger partial charge < -0.3 is 10.1 Å². The maximum atomic E-state index is 13.1. The minimum atomic E-state index is -0.260. The van der Waals surface area contributed by atoms with Crippen molar-refractivity contribution in [2.45, 2.75) is 26.8 Å². The third-order valence-corrected chi connectivity index (χ3v) is 4.88. The SMILES string of the molecule is Cc1ccc(-c2cc(Oc3ccccn3)cc(C(=O)N[C@H](C)c3cnc(C)nc3)c2)nc1. The lowest BCUT2D eigenvalue weighted by molar-refractivity contribution is 0.0939. The zero-order valence-electron chi connectivity index (χ0n) is 18.1. The quantitative estimate of drug-likeness (QED) is 0.476. The monoisotopic (exact) mass is 425 g/mol.